The summed E-state index contributed by atoms with van der Waals surface area (Å²) >= 11 is 0. The van der Waals surface area contributed by atoms with Crippen LogP contribution < -0.4 is 11.1 Å². The first kappa shape index (κ1) is 18.0. The molecule has 2 rings (SSSR count). The number of hydrogen-bond acceptors (Lipinski definition) is 5. The Morgan fingerprint density at radius 3 is 2.46 bits per heavy atom. The van der Waals surface area contributed by atoms with Crippen molar-refractivity contribution < 1.29 is 17.6 Å². The average molecular weight is 351 g/mol. The molecule has 0 atom stereocenters. The molecule has 0 spiro atoms. The second-order valence-corrected chi connectivity index (χ2v) is 7.69. The number of aryl methyl sites for hydroxylation is 1. The van der Waals surface area contributed by atoms with Gasteiger partial charge in [0, 0.05) is 32.4 Å². The zero-order valence-corrected chi connectivity index (χ0v) is 14.7. The molecule has 2 aromatic rings. The molecule has 1 aromatic heterocycles. The minimum absolute atomic E-state index is 0.00353. The molecule has 7 nitrogen and oxygen atoms in total. The number of hydrogen-bond donors (Lipinski definition) is 2. The molecule has 0 saturated heterocycles. The first-order valence-corrected chi connectivity index (χ1v) is 8.81. The summed E-state index contributed by atoms with van der Waals surface area (Å²) in [7, 11) is -0.791. The predicted molar refractivity (Wildman–Crippen MR) is 91.2 cm³/mol. The van der Waals surface area contributed by atoms with E-state index in [1.807, 2.05) is 12.1 Å². The first-order chi connectivity index (χ1) is 11.2. The maximum atomic E-state index is 12.1. The van der Waals surface area contributed by atoms with Gasteiger partial charge in [-0.2, -0.15) is 0 Å². The number of amides is 1. The van der Waals surface area contributed by atoms with E-state index < -0.39 is 15.9 Å². The quantitative estimate of drug-likeness (QED) is 0.765. The molecular weight excluding hydrogens is 330 g/mol. The topological polar surface area (TPSA) is 106 Å². The van der Waals surface area contributed by atoms with E-state index in [1.54, 1.807) is 12.1 Å². The number of nitrogens with one attached hydrogen (secondary N) is 1. The van der Waals surface area contributed by atoms with Crippen LogP contribution in [0.4, 0.5) is 5.69 Å². The summed E-state index contributed by atoms with van der Waals surface area (Å²) in [6.45, 7) is 1.92. The third-order valence-corrected chi connectivity index (χ3v) is 5.46. The highest BCUT2D eigenvalue weighted by Crippen LogP contribution is 2.22. The number of carbonyl (C=O) groups excluding carboxylic acids is 1. The number of nitrogens with two attached hydrogens (primary N) is 1. The molecule has 24 heavy (non-hydrogen) atoms. The molecule has 8 heteroatoms. The van der Waals surface area contributed by atoms with Crippen molar-refractivity contribution in [2.75, 3.05) is 26.4 Å². The van der Waals surface area contributed by atoms with Crippen LogP contribution >= 0.6 is 0 Å². The van der Waals surface area contributed by atoms with Crippen LogP contribution in [0, 0.1) is 6.92 Å². The lowest BCUT2D eigenvalue weighted by Crippen LogP contribution is -2.25. The second-order valence-electron chi connectivity index (χ2n) is 5.57. The summed E-state index contributed by atoms with van der Waals surface area (Å²) in [5.74, 6) is -0.286. The first-order valence-electron chi connectivity index (χ1n) is 7.37. The largest absolute Gasteiger partial charge is 0.455 e. The average Bonchev–Trinajstić information content (AvgIpc) is 2.91. The monoisotopic (exact) mass is 351 g/mol. The fraction of sp³-hybridized carbons (Fsp3) is 0.312. The van der Waals surface area contributed by atoms with E-state index >= 15 is 0 Å². The molecule has 0 unspecified atom stereocenters. The number of anilines is 1. The molecule has 130 valence electrons. The van der Waals surface area contributed by atoms with Crippen LogP contribution in [0.3, 0.4) is 0 Å². The van der Waals surface area contributed by atoms with Gasteiger partial charge in [-0.15, -0.1) is 0 Å². The number of benzene rings is 1. The molecule has 0 radical (unpaired) electrons. The van der Waals surface area contributed by atoms with Crippen molar-refractivity contribution in [2.24, 2.45) is 0 Å². The van der Waals surface area contributed by atoms with Crippen LogP contribution in [0.15, 0.2) is 39.6 Å². The Balaban J connectivity index is 2.02. The molecule has 1 aromatic carbocycles. The van der Waals surface area contributed by atoms with Crippen molar-refractivity contribution in [1.29, 1.82) is 0 Å². The standard InChI is InChI=1S/C16H21N3O4S/c1-11-15(24(21,22)19(2)3)10-14(23-11)16(20)18-9-8-12-4-6-13(17)7-5-12/h4-7,10H,8-9,17H2,1-3H3,(H,18,20). The molecule has 3 N–H and O–H groups in total. The maximum absolute atomic E-state index is 12.1. The molecule has 0 aliphatic rings. The minimum Gasteiger partial charge on any atom is -0.455 e. The molecule has 0 saturated carbocycles. The summed E-state index contributed by atoms with van der Waals surface area (Å²) in [5, 5.41) is 2.71. The number of furan rings is 1. The molecule has 0 aliphatic carbocycles. The highest BCUT2D eigenvalue weighted by molar-refractivity contribution is 7.89. The van der Waals surface area contributed by atoms with Gasteiger partial charge in [-0.05, 0) is 31.0 Å². The van der Waals surface area contributed by atoms with Crippen molar-refractivity contribution in [3.8, 4) is 0 Å². The Bertz CT molecular complexity index is 824. The lowest BCUT2D eigenvalue weighted by atomic mass is 10.1. The van der Waals surface area contributed by atoms with Crippen molar-refractivity contribution in [3.05, 3.63) is 47.4 Å². The van der Waals surface area contributed by atoms with Crippen molar-refractivity contribution in [3.63, 3.8) is 0 Å². The van der Waals surface area contributed by atoms with Crippen molar-refractivity contribution in [1.82, 2.24) is 9.62 Å². The smallest absolute Gasteiger partial charge is 0.287 e. The number of sulfonamides is 1. The number of nitrogen functional groups attached to an aromatic ring is 1. The van der Waals surface area contributed by atoms with Gasteiger partial charge in [0.25, 0.3) is 5.91 Å². The Labute approximate surface area is 141 Å². The highest BCUT2D eigenvalue weighted by atomic mass is 32.2. The molecular formula is C16H21N3O4S. The fourth-order valence-electron chi connectivity index (χ4n) is 2.12. The summed E-state index contributed by atoms with van der Waals surface area (Å²) in [6, 6.07) is 8.63. The molecule has 0 aliphatic heterocycles. The van der Waals surface area contributed by atoms with E-state index in [0.29, 0.717) is 18.7 Å². The molecule has 0 fully saturated rings. The molecule has 0 bridgehead atoms. The van der Waals surface area contributed by atoms with E-state index in [4.69, 9.17) is 10.2 Å². The number of rotatable bonds is 6. The van der Waals surface area contributed by atoms with Crippen LogP contribution in [0.5, 0.6) is 0 Å². The van der Waals surface area contributed by atoms with Gasteiger partial charge >= 0.3 is 0 Å². The van der Waals surface area contributed by atoms with Gasteiger partial charge < -0.3 is 15.5 Å². The van der Waals surface area contributed by atoms with Gasteiger partial charge in [0.1, 0.15) is 10.7 Å². The van der Waals surface area contributed by atoms with E-state index in [-0.39, 0.29) is 16.4 Å². The van der Waals surface area contributed by atoms with Gasteiger partial charge in [-0.25, -0.2) is 12.7 Å². The highest BCUT2D eigenvalue weighted by Gasteiger charge is 2.25. The van der Waals surface area contributed by atoms with Gasteiger partial charge in [0.05, 0.1) is 0 Å². The Hall–Kier alpha value is -2.32. The number of carbonyl (C=O) groups is 1. The van der Waals surface area contributed by atoms with E-state index in [2.05, 4.69) is 5.32 Å². The maximum Gasteiger partial charge on any atom is 0.287 e. The summed E-state index contributed by atoms with van der Waals surface area (Å²) in [5.41, 5.74) is 7.34. The van der Waals surface area contributed by atoms with Crippen LogP contribution in [0.25, 0.3) is 0 Å². The van der Waals surface area contributed by atoms with Crippen LogP contribution in [-0.4, -0.2) is 39.3 Å². The summed E-state index contributed by atoms with van der Waals surface area (Å²) in [4.78, 5) is 12.1. The number of nitrogens with zero attached hydrogens (tertiary/aromatic N) is 1. The van der Waals surface area contributed by atoms with Gasteiger partial charge in [-0.1, -0.05) is 12.1 Å². The van der Waals surface area contributed by atoms with Gasteiger partial charge in [0.15, 0.2) is 5.76 Å². The predicted octanol–water partition coefficient (Wildman–Crippen LogP) is 1.39. The Morgan fingerprint density at radius 2 is 1.88 bits per heavy atom. The SMILES string of the molecule is Cc1oc(C(=O)NCCc2ccc(N)cc2)cc1S(=O)(=O)N(C)C. The Morgan fingerprint density at radius 1 is 1.25 bits per heavy atom. The van der Waals surface area contributed by atoms with Crippen molar-refractivity contribution >= 4 is 21.6 Å². The molecule has 1 heterocycles. The van der Waals surface area contributed by atoms with Crippen molar-refractivity contribution in [2.45, 2.75) is 18.2 Å². The lowest BCUT2D eigenvalue weighted by Gasteiger charge is -2.09. The van der Waals surface area contributed by atoms with E-state index in [0.717, 1.165) is 9.87 Å². The second kappa shape index (κ2) is 7.06. The molecule has 1 amide bonds. The minimum atomic E-state index is -3.64. The zero-order valence-electron chi connectivity index (χ0n) is 13.9. The third-order valence-electron chi connectivity index (χ3n) is 3.53. The Kier molecular flexibility index (Phi) is 5.30. The van der Waals surface area contributed by atoms with Crippen LogP contribution in [-0.2, 0) is 16.4 Å². The van der Waals surface area contributed by atoms with E-state index in [1.165, 1.54) is 27.1 Å². The van der Waals surface area contributed by atoms with E-state index in [9.17, 15) is 13.2 Å². The third kappa shape index (κ3) is 3.95. The van der Waals surface area contributed by atoms with Crippen LogP contribution in [0.1, 0.15) is 21.9 Å². The summed E-state index contributed by atoms with van der Waals surface area (Å²) < 4.78 is 30.7. The normalized spacial score (nSPS) is 11.7. The zero-order chi connectivity index (χ0) is 17.9. The summed E-state index contributed by atoms with van der Waals surface area (Å²) in [6.07, 6.45) is 0.633. The lowest BCUT2D eigenvalue weighted by molar-refractivity contribution is 0.0925. The van der Waals surface area contributed by atoms with Gasteiger partial charge in [0.2, 0.25) is 10.0 Å². The fourth-order valence-corrected chi connectivity index (χ4v) is 3.18. The van der Waals surface area contributed by atoms with Gasteiger partial charge in [-0.3, -0.25) is 4.79 Å². The van der Waals surface area contributed by atoms with Crippen LogP contribution in [0.2, 0.25) is 0 Å².